The van der Waals surface area contributed by atoms with Gasteiger partial charge in [0.1, 0.15) is 5.52 Å². The monoisotopic (exact) mass is 252 g/mol. The molecule has 5 nitrogen and oxygen atoms in total. The van der Waals surface area contributed by atoms with Crippen molar-refractivity contribution in [1.82, 2.24) is 15.0 Å². The minimum atomic E-state index is -0.187. The second-order valence-electron chi connectivity index (χ2n) is 4.24. The van der Waals surface area contributed by atoms with Gasteiger partial charge in [-0.15, -0.1) is 0 Å². The maximum absolute atomic E-state index is 12.1. The summed E-state index contributed by atoms with van der Waals surface area (Å²) in [5.41, 5.74) is 3.12. The molecule has 1 amide bonds. The molecule has 19 heavy (non-hydrogen) atoms. The average molecular weight is 252 g/mol. The second kappa shape index (κ2) is 4.53. The molecule has 2 aromatic heterocycles. The summed E-state index contributed by atoms with van der Waals surface area (Å²) >= 11 is 0. The van der Waals surface area contributed by atoms with E-state index in [2.05, 4.69) is 20.3 Å². The molecule has 0 spiro atoms. The van der Waals surface area contributed by atoms with Crippen LogP contribution in [0.2, 0.25) is 0 Å². The molecule has 3 rings (SSSR count). The number of aromatic amines is 1. The molecule has 1 aromatic carbocycles. The highest BCUT2D eigenvalue weighted by Gasteiger charge is 2.11. The molecule has 0 aliphatic carbocycles. The van der Waals surface area contributed by atoms with Gasteiger partial charge in [-0.2, -0.15) is 0 Å². The third-order valence-corrected chi connectivity index (χ3v) is 2.90. The fourth-order valence-electron chi connectivity index (χ4n) is 1.92. The van der Waals surface area contributed by atoms with Crippen LogP contribution in [0.3, 0.4) is 0 Å². The third kappa shape index (κ3) is 2.06. The molecule has 0 saturated heterocycles. The molecule has 0 bridgehead atoms. The van der Waals surface area contributed by atoms with Gasteiger partial charge in [0.2, 0.25) is 0 Å². The Morgan fingerprint density at radius 2 is 2.00 bits per heavy atom. The zero-order valence-electron chi connectivity index (χ0n) is 10.3. The van der Waals surface area contributed by atoms with Crippen LogP contribution in [0, 0.1) is 6.92 Å². The van der Waals surface area contributed by atoms with E-state index in [1.807, 2.05) is 25.1 Å². The number of anilines is 1. The van der Waals surface area contributed by atoms with E-state index in [1.54, 1.807) is 24.7 Å². The molecule has 94 valence electrons. The van der Waals surface area contributed by atoms with Crippen LogP contribution in [0.15, 0.2) is 42.9 Å². The van der Waals surface area contributed by atoms with Crippen LogP contribution >= 0.6 is 0 Å². The Bertz CT molecular complexity index is 734. The molecule has 2 N–H and O–H groups in total. The summed E-state index contributed by atoms with van der Waals surface area (Å²) in [6, 6.07) is 9.03. The molecular formula is C14H12N4O. The first-order valence-corrected chi connectivity index (χ1v) is 5.91. The maximum atomic E-state index is 12.1. The predicted octanol–water partition coefficient (Wildman–Crippen LogP) is 2.52. The van der Waals surface area contributed by atoms with Gasteiger partial charge >= 0.3 is 0 Å². The number of pyridine rings is 1. The van der Waals surface area contributed by atoms with Crippen LogP contribution in [0.25, 0.3) is 11.0 Å². The van der Waals surface area contributed by atoms with Crippen molar-refractivity contribution in [2.24, 2.45) is 0 Å². The lowest BCUT2D eigenvalue weighted by molar-refractivity contribution is 0.102. The molecule has 0 atom stereocenters. The highest BCUT2D eigenvalue weighted by Crippen LogP contribution is 2.20. The lowest BCUT2D eigenvalue weighted by Gasteiger charge is -2.06. The molecule has 0 radical (unpaired) electrons. The van der Waals surface area contributed by atoms with E-state index in [0.717, 1.165) is 16.6 Å². The molecule has 0 aliphatic heterocycles. The number of nitrogens with one attached hydrogen (secondary N) is 2. The molecule has 2 heterocycles. The van der Waals surface area contributed by atoms with Crippen LogP contribution in [0.5, 0.6) is 0 Å². The summed E-state index contributed by atoms with van der Waals surface area (Å²) in [4.78, 5) is 23.5. The quantitative estimate of drug-likeness (QED) is 0.736. The highest BCUT2D eigenvalue weighted by atomic mass is 16.1. The number of aromatic nitrogens is 3. The number of hydrogen-bond donors (Lipinski definition) is 2. The molecule has 0 aliphatic rings. The summed E-state index contributed by atoms with van der Waals surface area (Å²) in [6.45, 7) is 1.93. The van der Waals surface area contributed by atoms with E-state index in [9.17, 15) is 4.79 Å². The Hall–Kier alpha value is -2.69. The Morgan fingerprint density at radius 3 is 2.79 bits per heavy atom. The fourth-order valence-corrected chi connectivity index (χ4v) is 1.92. The number of carbonyl (C=O) groups excluding carboxylic acids is 1. The third-order valence-electron chi connectivity index (χ3n) is 2.90. The summed E-state index contributed by atoms with van der Waals surface area (Å²) in [7, 11) is 0. The van der Waals surface area contributed by atoms with Gasteiger partial charge in [-0.25, -0.2) is 9.97 Å². The fraction of sp³-hybridized carbons (Fsp3) is 0.0714. The van der Waals surface area contributed by atoms with E-state index in [-0.39, 0.29) is 5.91 Å². The Labute approximate surface area is 109 Å². The van der Waals surface area contributed by atoms with Crippen molar-refractivity contribution < 1.29 is 4.79 Å². The first-order chi connectivity index (χ1) is 9.25. The Morgan fingerprint density at radius 1 is 1.21 bits per heavy atom. The highest BCUT2D eigenvalue weighted by molar-refractivity contribution is 6.07. The van der Waals surface area contributed by atoms with Crippen LogP contribution in [0.1, 0.15) is 15.9 Å². The first kappa shape index (κ1) is 11.4. The van der Waals surface area contributed by atoms with Crippen molar-refractivity contribution in [3.63, 3.8) is 0 Å². The van der Waals surface area contributed by atoms with Crippen molar-refractivity contribution in [2.45, 2.75) is 6.92 Å². The van der Waals surface area contributed by atoms with Gasteiger partial charge in [0.15, 0.2) is 5.82 Å². The van der Waals surface area contributed by atoms with Gasteiger partial charge < -0.3 is 10.3 Å². The standard InChI is InChI=1S/C14H12N4O/c1-9-7-15-13(12-11(9)16-8-17-12)18-14(19)10-5-3-2-4-6-10/h2-8H,1H3,(H,16,17)(H,15,18,19). The summed E-state index contributed by atoms with van der Waals surface area (Å²) < 4.78 is 0. The van der Waals surface area contributed by atoms with Crippen LogP contribution in [-0.4, -0.2) is 20.9 Å². The van der Waals surface area contributed by atoms with Gasteiger partial charge in [-0.05, 0) is 24.6 Å². The first-order valence-electron chi connectivity index (χ1n) is 5.91. The SMILES string of the molecule is Cc1cnc(NC(=O)c2ccccc2)c2[nH]cnc12. The number of carbonyl (C=O) groups is 1. The van der Waals surface area contributed by atoms with Crippen LogP contribution < -0.4 is 5.32 Å². The van der Waals surface area contributed by atoms with E-state index < -0.39 is 0 Å². The van der Waals surface area contributed by atoms with Crippen molar-refractivity contribution in [2.75, 3.05) is 5.32 Å². The van der Waals surface area contributed by atoms with Gasteiger partial charge in [-0.1, -0.05) is 18.2 Å². The van der Waals surface area contributed by atoms with Gasteiger partial charge in [0.25, 0.3) is 5.91 Å². The number of nitrogens with zero attached hydrogens (tertiary/aromatic N) is 2. The van der Waals surface area contributed by atoms with Crippen molar-refractivity contribution in [3.8, 4) is 0 Å². The van der Waals surface area contributed by atoms with Gasteiger partial charge in [-0.3, -0.25) is 4.79 Å². The lowest BCUT2D eigenvalue weighted by atomic mass is 10.2. The number of rotatable bonds is 2. The van der Waals surface area contributed by atoms with Crippen molar-refractivity contribution in [3.05, 3.63) is 54.0 Å². The lowest BCUT2D eigenvalue weighted by Crippen LogP contribution is -2.13. The number of fused-ring (bicyclic) bond motifs is 1. The van der Waals surface area contributed by atoms with Gasteiger partial charge in [0, 0.05) is 11.8 Å². The minimum absolute atomic E-state index is 0.187. The number of benzene rings is 1. The average Bonchev–Trinajstić information content (AvgIpc) is 2.93. The summed E-state index contributed by atoms with van der Waals surface area (Å²) in [5, 5.41) is 2.79. The molecule has 0 saturated carbocycles. The summed E-state index contributed by atoms with van der Waals surface area (Å²) in [6.07, 6.45) is 3.29. The maximum Gasteiger partial charge on any atom is 0.256 e. The molecule has 3 aromatic rings. The number of amides is 1. The zero-order chi connectivity index (χ0) is 13.2. The smallest absolute Gasteiger partial charge is 0.256 e. The van der Waals surface area contributed by atoms with E-state index in [1.165, 1.54) is 0 Å². The molecule has 0 fully saturated rings. The minimum Gasteiger partial charge on any atom is -0.342 e. The largest absolute Gasteiger partial charge is 0.342 e. The normalized spacial score (nSPS) is 10.6. The zero-order valence-corrected chi connectivity index (χ0v) is 10.3. The van der Waals surface area contributed by atoms with Gasteiger partial charge in [0.05, 0.1) is 11.8 Å². The number of aryl methyl sites for hydroxylation is 1. The van der Waals surface area contributed by atoms with E-state index >= 15 is 0 Å². The topological polar surface area (TPSA) is 70.7 Å². The van der Waals surface area contributed by atoms with Crippen molar-refractivity contribution in [1.29, 1.82) is 0 Å². The van der Waals surface area contributed by atoms with E-state index in [4.69, 9.17) is 0 Å². The second-order valence-corrected chi connectivity index (χ2v) is 4.24. The van der Waals surface area contributed by atoms with E-state index in [0.29, 0.717) is 11.4 Å². The van der Waals surface area contributed by atoms with Crippen LogP contribution in [-0.2, 0) is 0 Å². The van der Waals surface area contributed by atoms with Crippen molar-refractivity contribution >= 4 is 22.8 Å². The number of imidazole rings is 1. The molecule has 0 unspecified atom stereocenters. The Kier molecular flexibility index (Phi) is 2.72. The van der Waals surface area contributed by atoms with Crippen LogP contribution in [0.4, 0.5) is 5.82 Å². The molecule has 5 heteroatoms. The number of H-pyrrole nitrogens is 1. The number of hydrogen-bond acceptors (Lipinski definition) is 3. The molecular weight excluding hydrogens is 240 g/mol. The Balaban J connectivity index is 1.96. The summed E-state index contributed by atoms with van der Waals surface area (Å²) in [5.74, 6) is 0.305. The predicted molar refractivity (Wildman–Crippen MR) is 73.0 cm³/mol.